The van der Waals surface area contributed by atoms with Gasteiger partial charge in [0, 0.05) is 0 Å². The van der Waals surface area contributed by atoms with Gasteiger partial charge in [-0.25, -0.2) is 13.1 Å². The molecule has 0 spiro atoms. The molecular formula is C7H10F3N5O3S. The van der Waals surface area contributed by atoms with E-state index in [1.807, 2.05) is 4.72 Å². The SMILES string of the molecule is CS(=O)(=O)Nc1cn(CC(=O)NCC(F)(F)F)nn1. The maximum atomic E-state index is 11.8. The van der Waals surface area contributed by atoms with Crippen molar-refractivity contribution in [2.75, 3.05) is 17.5 Å². The molecule has 0 fully saturated rings. The molecule has 108 valence electrons. The predicted molar refractivity (Wildman–Crippen MR) is 57.6 cm³/mol. The minimum Gasteiger partial charge on any atom is -0.345 e. The third-order valence-corrected chi connectivity index (χ3v) is 2.20. The highest BCUT2D eigenvalue weighted by molar-refractivity contribution is 7.92. The van der Waals surface area contributed by atoms with E-state index in [1.165, 1.54) is 0 Å². The van der Waals surface area contributed by atoms with Crippen LogP contribution in [-0.2, 0) is 21.4 Å². The van der Waals surface area contributed by atoms with Gasteiger partial charge in [-0.05, 0) is 0 Å². The number of anilines is 1. The van der Waals surface area contributed by atoms with E-state index >= 15 is 0 Å². The highest BCUT2D eigenvalue weighted by Gasteiger charge is 2.27. The van der Waals surface area contributed by atoms with Crippen LogP contribution in [0.1, 0.15) is 0 Å². The fourth-order valence-electron chi connectivity index (χ4n) is 1.01. The van der Waals surface area contributed by atoms with Crippen molar-refractivity contribution in [1.82, 2.24) is 20.3 Å². The number of nitrogens with one attached hydrogen (secondary N) is 2. The lowest BCUT2D eigenvalue weighted by molar-refractivity contribution is -0.138. The predicted octanol–water partition coefficient (Wildman–Crippen LogP) is -0.672. The molecule has 0 aliphatic carbocycles. The first-order valence-electron chi connectivity index (χ1n) is 4.76. The first-order valence-corrected chi connectivity index (χ1v) is 6.66. The van der Waals surface area contributed by atoms with E-state index in [2.05, 4.69) is 10.3 Å². The standard InChI is InChI=1S/C7H10F3N5O3S/c1-19(17,18)13-5-2-15(14-12-5)3-6(16)11-4-7(8,9)10/h2,13H,3-4H2,1H3,(H,11,16). The number of hydrogen-bond donors (Lipinski definition) is 2. The number of amides is 1. The molecule has 1 rings (SSSR count). The Hall–Kier alpha value is -1.85. The normalized spacial score (nSPS) is 12.2. The Morgan fingerprint density at radius 2 is 2.11 bits per heavy atom. The maximum Gasteiger partial charge on any atom is 0.405 e. The van der Waals surface area contributed by atoms with Crippen LogP contribution < -0.4 is 10.0 Å². The number of nitrogens with zero attached hydrogens (tertiary/aromatic N) is 3. The maximum absolute atomic E-state index is 11.8. The Balaban J connectivity index is 2.52. The lowest BCUT2D eigenvalue weighted by atomic mass is 10.5. The van der Waals surface area contributed by atoms with Gasteiger partial charge in [-0.2, -0.15) is 13.2 Å². The van der Waals surface area contributed by atoms with Crippen molar-refractivity contribution < 1.29 is 26.4 Å². The summed E-state index contributed by atoms with van der Waals surface area (Å²) in [6.45, 7) is -1.95. The average molecular weight is 301 g/mol. The molecule has 0 aliphatic rings. The van der Waals surface area contributed by atoms with E-state index in [-0.39, 0.29) is 5.82 Å². The van der Waals surface area contributed by atoms with Gasteiger partial charge in [-0.15, -0.1) is 5.10 Å². The average Bonchev–Trinajstić information content (AvgIpc) is 2.58. The number of carbonyl (C=O) groups is 1. The molecule has 19 heavy (non-hydrogen) atoms. The van der Waals surface area contributed by atoms with E-state index in [4.69, 9.17) is 0 Å². The van der Waals surface area contributed by atoms with Crippen LogP contribution in [0.15, 0.2) is 6.20 Å². The number of hydrogen-bond acceptors (Lipinski definition) is 5. The van der Waals surface area contributed by atoms with Gasteiger partial charge in [0.05, 0.1) is 12.5 Å². The van der Waals surface area contributed by atoms with Crippen molar-refractivity contribution in [3.8, 4) is 0 Å². The van der Waals surface area contributed by atoms with Gasteiger partial charge in [-0.1, -0.05) is 5.21 Å². The quantitative estimate of drug-likeness (QED) is 0.750. The number of aromatic nitrogens is 3. The van der Waals surface area contributed by atoms with Crippen LogP contribution in [0.4, 0.5) is 19.0 Å². The Bertz CT molecular complexity index is 553. The second kappa shape index (κ2) is 5.42. The zero-order valence-corrected chi connectivity index (χ0v) is 10.4. The third-order valence-electron chi connectivity index (χ3n) is 1.62. The van der Waals surface area contributed by atoms with Gasteiger partial charge in [-0.3, -0.25) is 9.52 Å². The Morgan fingerprint density at radius 3 is 2.63 bits per heavy atom. The molecule has 0 unspecified atom stereocenters. The molecule has 1 heterocycles. The van der Waals surface area contributed by atoms with Crippen LogP contribution in [0.25, 0.3) is 0 Å². The molecule has 12 heteroatoms. The van der Waals surface area contributed by atoms with Gasteiger partial charge >= 0.3 is 6.18 Å². The molecule has 1 aromatic heterocycles. The summed E-state index contributed by atoms with van der Waals surface area (Å²) < 4.78 is 60.1. The van der Waals surface area contributed by atoms with Gasteiger partial charge in [0.1, 0.15) is 13.1 Å². The van der Waals surface area contributed by atoms with Crippen LogP contribution in [0, 0.1) is 0 Å². The molecular weight excluding hydrogens is 291 g/mol. The van der Waals surface area contributed by atoms with E-state index in [0.29, 0.717) is 0 Å². The zero-order chi connectivity index (χ0) is 14.7. The smallest absolute Gasteiger partial charge is 0.345 e. The van der Waals surface area contributed by atoms with E-state index < -0.39 is 35.2 Å². The molecule has 1 amide bonds. The van der Waals surface area contributed by atoms with Crippen molar-refractivity contribution in [3.05, 3.63) is 6.20 Å². The molecule has 0 bridgehead atoms. The van der Waals surface area contributed by atoms with Crippen molar-refractivity contribution in [3.63, 3.8) is 0 Å². The topological polar surface area (TPSA) is 106 Å². The third kappa shape index (κ3) is 6.59. The summed E-state index contributed by atoms with van der Waals surface area (Å²) in [7, 11) is -3.54. The molecule has 1 aromatic rings. The molecule has 8 nitrogen and oxygen atoms in total. The fourth-order valence-corrected chi connectivity index (χ4v) is 1.49. The van der Waals surface area contributed by atoms with E-state index in [0.717, 1.165) is 17.1 Å². The monoisotopic (exact) mass is 301 g/mol. The molecule has 0 aromatic carbocycles. The largest absolute Gasteiger partial charge is 0.405 e. The summed E-state index contributed by atoms with van der Waals surface area (Å²) in [5.41, 5.74) is 0. The Kier molecular flexibility index (Phi) is 4.34. The van der Waals surface area contributed by atoms with Crippen LogP contribution in [-0.4, -0.2) is 48.3 Å². The molecule has 0 saturated carbocycles. The Morgan fingerprint density at radius 1 is 1.47 bits per heavy atom. The molecule has 0 radical (unpaired) electrons. The Labute approximate surface area is 106 Å². The first-order chi connectivity index (χ1) is 8.55. The van der Waals surface area contributed by atoms with Gasteiger partial charge in [0.25, 0.3) is 0 Å². The molecule has 0 saturated heterocycles. The summed E-state index contributed by atoms with van der Waals surface area (Å²) in [4.78, 5) is 11.1. The van der Waals surface area contributed by atoms with Gasteiger partial charge in [0.2, 0.25) is 15.9 Å². The molecule has 0 atom stereocenters. The van der Waals surface area contributed by atoms with Crippen molar-refractivity contribution in [2.24, 2.45) is 0 Å². The number of rotatable bonds is 5. The summed E-state index contributed by atoms with van der Waals surface area (Å²) >= 11 is 0. The highest BCUT2D eigenvalue weighted by atomic mass is 32.2. The first kappa shape index (κ1) is 15.2. The lowest BCUT2D eigenvalue weighted by Gasteiger charge is -2.07. The van der Waals surface area contributed by atoms with E-state index in [1.54, 1.807) is 5.32 Å². The van der Waals surface area contributed by atoms with Gasteiger partial charge < -0.3 is 5.32 Å². The summed E-state index contributed by atoms with van der Waals surface area (Å²) in [6.07, 6.45) is -2.53. The highest BCUT2D eigenvalue weighted by Crippen LogP contribution is 2.12. The van der Waals surface area contributed by atoms with Crippen molar-refractivity contribution in [2.45, 2.75) is 12.7 Å². The van der Waals surface area contributed by atoms with Crippen LogP contribution >= 0.6 is 0 Å². The fraction of sp³-hybridized carbons (Fsp3) is 0.571. The van der Waals surface area contributed by atoms with Crippen LogP contribution in [0.2, 0.25) is 0 Å². The number of sulfonamides is 1. The zero-order valence-electron chi connectivity index (χ0n) is 9.60. The molecule has 2 N–H and O–H groups in total. The minimum absolute atomic E-state index is 0.133. The summed E-state index contributed by atoms with van der Waals surface area (Å²) in [5, 5.41) is 8.40. The summed E-state index contributed by atoms with van der Waals surface area (Å²) in [5.74, 6) is -1.06. The van der Waals surface area contributed by atoms with Gasteiger partial charge in [0.15, 0.2) is 5.82 Å². The number of halogens is 3. The minimum atomic E-state index is -4.50. The van der Waals surface area contributed by atoms with Crippen LogP contribution in [0.3, 0.4) is 0 Å². The number of carbonyl (C=O) groups excluding carboxylic acids is 1. The number of alkyl halides is 3. The van der Waals surface area contributed by atoms with E-state index in [9.17, 15) is 26.4 Å². The summed E-state index contributed by atoms with van der Waals surface area (Å²) in [6, 6.07) is 0. The second-order valence-corrected chi connectivity index (χ2v) is 5.32. The molecule has 0 aliphatic heterocycles. The van der Waals surface area contributed by atoms with Crippen LogP contribution in [0.5, 0.6) is 0 Å². The van der Waals surface area contributed by atoms with Crippen molar-refractivity contribution >= 4 is 21.7 Å². The van der Waals surface area contributed by atoms with Crippen molar-refractivity contribution in [1.29, 1.82) is 0 Å². The lowest BCUT2D eigenvalue weighted by Crippen LogP contribution is -2.35. The second-order valence-electron chi connectivity index (χ2n) is 3.57.